The van der Waals surface area contributed by atoms with Crippen molar-refractivity contribution in [3.05, 3.63) is 76.3 Å². The van der Waals surface area contributed by atoms with Crippen LogP contribution in [-0.2, 0) is 16.6 Å². The molecule has 0 fully saturated rings. The molecule has 27 heavy (non-hydrogen) atoms. The lowest BCUT2D eigenvalue weighted by Crippen LogP contribution is -2.15. The smallest absolute Gasteiger partial charge is 0.273 e. The summed E-state index contributed by atoms with van der Waals surface area (Å²) in [6.07, 6.45) is 0. The van der Waals surface area contributed by atoms with Crippen LogP contribution in [0.3, 0.4) is 0 Å². The van der Waals surface area contributed by atoms with Gasteiger partial charge in [0.1, 0.15) is 6.61 Å². The van der Waals surface area contributed by atoms with Crippen molar-refractivity contribution >= 4 is 32.2 Å². The molecule has 0 bridgehead atoms. The Labute approximate surface area is 156 Å². The number of nitro groups is 1. The van der Waals surface area contributed by atoms with Crippen LogP contribution in [0.1, 0.15) is 12.5 Å². The van der Waals surface area contributed by atoms with E-state index in [9.17, 15) is 18.5 Å². The van der Waals surface area contributed by atoms with Crippen molar-refractivity contribution in [1.29, 1.82) is 0 Å². The predicted molar refractivity (Wildman–Crippen MR) is 104 cm³/mol. The van der Waals surface area contributed by atoms with Crippen molar-refractivity contribution in [2.75, 3.05) is 10.5 Å². The van der Waals surface area contributed by atoms with E-state index in [1.807, 2.05) is 42.5 Å². The van der Waals surface area contributed by atoms with E-state index in [1.54, 1.807) is 0 Å². The second kappa shape index (κ2) is 7.63. The molecule has 0 aromatic heterocycles. The van der Waals surface area contributed by atoms with Crippen LogP contribution in [0.5, 0.6) is 5.75 Å². The third-order valence-electron chi connectivity index (χ3n) is 4.08. The summed E-state index contributed by atoms with van der Waals surface area (Å²) in [7, 11) is -3.55. The number of hydrogen-bond acceptors (Lipinski definition) is 5. The number of anilines is 1. The zero-order chi connectivity index (χ0) is 19.4. The number of ether oxygens (including phenoxy) is 1. The molecule has 0 heterocycles. The van der Waals surface area contributed by atoms with Gasteiger partial charge < -0.3 is 4.74 Å². The first-order valence-corrected chi connectivity index (χ1v) is 9.93. The van der Waals surface area contributed by atoms with Gasteiger partial charge in [0.15, 0.2) is 5.75 Å². The summed E-state index contributed by atoms with van der Waals surface area (Å²) < 4.78 is 32.0. The average molecular weight is 386 g/mol. The van der Waals surface area contributed by atoms with E-state index < -0.39 is 14.9 Å². The summed E-state index contributed by atoms with van der Waals surface area (Å²) in [4.78, 5) is 10.5. The standard InChI is InChI=1S/C19H18N2O5S/c1-2-27(24,25)20-18-11-10-16(21(22)23)12-19(18)26-13-15-8-5-7-14-6-3-4-9-17(14)15/h3-12,20H,2,13H2,1H3. The van der Waals surface area contributed by atoms with Crippen LogP contribution in [0.4, 0.5) is 11.4 Å². The van der Waals surface area contributed by atoms with Crippen LogP contribution >= 0.6 is 0 Å². The van der Waals surface area contributed by atoms with Gasteiger partial charge in [0, 0.05) is 6.07 Å². The van der Waals surface area contributed by atoms with E-state index in [4.69, 9.17) is 4.74 Å². The van der Waals surface area contributed by atoms with Gasteiger partial charge in [-0.05, 0) is 29.3 Å². The molecule has 0 saturated heterocycles. The van der Waals surface area contributed by atoms with Crippen LogP contribution in [0, 0.1) is 10.1 Å². The van der Waals surface area contributed by atoms with Crippen molar-refractivity contribution in [3.63, 3.8) is 0 Å². The van der Waals surface area contributed by atoms with Crippen molar-refractivity contribution in [2.24, 2.45) is 0 Å². The molecule has 7 nitrogen and oxygen atoms in total. The van der Waals surface area contributed by atoms with Gasteiger partial charge in [0.2, 0.25) is 10.0 Å². The first-order valence-electron chi connectivity index (χ1n) is 8.28. The predicted octanol–water partition coefficient (Wildman–Crippen LogP) is 4.09. The minimum absolute atomic E-state index is 0.106. The molecule has 0 amide bonds. The van der Waals surface area contributed by atoms with Crippen molar-refractivity contribution in [3.8, 4) is 5.75 Å². The fourth-order valence-corrected chi connectivity index (χ4v) is 3.29. The lowest BCUT2D eigenvalue weighted by atomic mass is 10.1. The number of rotatable bonds is 7. The van der Waals surface area contributed by atoms with Gasteiger partial charge in [-0.3, -0.25) is 14.8 Å². The SMILES string of the molecule is CCS(=O)(=O)Nc1ccc([N+](=O)[O-])cc1OCc1cccc2ccccc12. The Balaban J connectivity index is 1.94. The molecule has 0 unspecified atom stereocenters. The number of benzene rings is 3. The molecule has 0 aliphatic rings. The maximum absolute atomic E-state index is 11.9. The summed E-state index contributed by atoms with van der Waals surface area (Å²) in [6.45, 7) is 1.65. The molecular formula is C19H18N2O5S. The van der Waals surface area contributed by atoms with Crippen molar-refractivity contribution < 1.29 is 18.1 Å². The lowest BCUT2D eigenvalue weighted by Gasteiger charge is -2.14. The summed E-state index contributed by atoms with van der Waals surface area (Å²) in [5.74, 6) is -0.0126. The number of non-ortho nitro benzene ring substituents is 1. The van der Waals surface area contributed by atoms with Crippen LogP contribution in [0.2, 0.25) is 0 Å². The normalized spacial score (nSPS) is 11.3. The average Bonchev–Trinajstić information content (AvgIpc) is 2.66. The number of nitrogens with zero attached hydrogens (tertiary/aromatic N) is 1. The van der Waals surface area contributed by atoms with Crippen LogP contribution in [-0.4, -0.2) is 19.1 Å². The Morgan fingerprint density at radius 1 is 1.07 bits per heavy atom. The van der Waals surface area contributed by atoms with Crippen molar-refractivity contribution in [1.82, 2.24) is 0 Å². The number of sulfonamides is 1. The first kappa shape index (κ1) is 18.7. The number of hydrogen-bond donors (Lipinski definition) is 1. The third-order valence-corrected chi connectivity index (χ3v) is 5.38. The van der Waals surface area contributed by atoms with Gasteiger partial charge in [-0.25, -0.2) is 8.42 Å². The zero-order valence-electron chi connectivity index (χ0n) is 14.6. The van der Waals surface area contributed by atoms with Crippen LogP contribution < -0.4 is 9.46 Å². The largest absolute Gasteiger partial charge is 0.486 e. The molecule has 8 heteroatoms. The van der Waals surface area contributed by atoms with Crippen molar-refractivity contribution in [2.45, 2.75) is 13.5 Å². The molecule has 3 aromatic carbocycles. The fourth-order valence-electron chi connectivity index (χ4n) is 2.64. The van der Waals surface area contributed by atoms with Gasteiger partial charge in [-0.15, -0.1) is 0 Å². The molecule has 3 rings (SSSR count). The second-order valence-electron chi connectivity index (χ2n) is 5.87. The van der Waals surface area contributed by atoms with Gasteiger partial charge in [0.05, 0.1) is 22.4 Å². The maximum Gasteiger partial charge on any atom is 0.273 e. The number of nitrogens with one attached hydrogen (secondary N) is 1. The molecule has 0 aliphatic carbocycles. The number of nitro benzene ring substituents is 1. The Morgan fingerprint density at radius 2 is 1.81 bits per heavy atom. The maximum atomic E-state index is 11.9. The highest BCUT2D eigenvalue weighted by Crippen LogP contribution is 2.31. The van der Waals surface area contributed by atoms with E-state index in [0.717, 1.165) is 16.3 Å². The molecule has 0 atom stereocenters. The second-order valence-corrected chi connectivity index (χ2v) is 7.88. The van der Waals surface area contributed by atoms with E-state index in [0.29, 0.717) is 0 Å². The molecule has 0 spiro atoms. The van der Waals surface area contributed by atoms with Gasteiger partial charge in [-0.1, -0.05) is 42.5 Å². The van der Waals surface area contributed by atoms with E-state index in [1.165, 1.54) is 25.1 Å². The molecule has 1 N–H and O–H groups in total. The summed E-state index contributed by atoms with van der Waals surface area (Å²) in [5, 5.41) is 13.1. The number of fused-ring (bicyclic) bond motifs is 1. The Morgan fingerprint density at radius 3 is 2.56 bits per heavy atom. The van der Waals surface area contributed by atoms with E-state index in [-0.39, 0.29) is 29.5 Å². The summed E-state index contributed by atoms with van der Waals surface area (Å²) >= 11 is 0. The Bertz CT molecular complexity index is 1090. The van der Waals surface area contributed by atoms with E-state index >= 15 is 0 Å². The minimum Gasteiger partial charge on any atom is -0.486 e. The minimum atomic E-state index is -3.55. The molecule has 0 aliphatic heterocycles. The van der Waals surface area contributed by atoms with Gasteiger partial charge >= 0.3 is 0 Å². The van der Waals surface area contributed by atoms with E-state index in [2.05, 4.69) is 4.72 Å². The van der Waals surface area contributed by atoms with Crippen LogP contribution in [0.15, 0.2) is 60.7 Å². The first-order chi connectivity index (χ1) is 12.9. The summed E-state index contributed by atoms with van der Waals surface area (Å²) in [6, 6.07) is 17.4. The topological polar surface area (TPSA) is 98.5 Å². The highest BCUT2D eigenvalue weighted by molar-refractivity contribution is 7.92. The zero-order valence-corrected chi connectivity index (χ0v) is 15.4. The van der Waals surface area contributed by atoms with Gasteiger partial charge in [-0.2, -0.15) is 0 Å². The summed E-state index contributed by atoms with van der Waals surface area (Å²) in [5.41, 5.74) is 0.883. The lowest BCUT2D eigenvalue weighted by molar-refractivity contribution is -0.384. The Kier molecular flexibility index (Phi) is 5.27. The fraction of sp³-hybridized carbons (Fsp3) is 0.158. The third kappa shape index (κ3) is 4.35. The highest BCUT2D eigenvalue weighted by Gasteiger charge is 2.16. The molecular weight excluding hydrogens is 368 g/mol. The van der Waals surface area contributed by atoms with Crippen LogP contribution in [0.25, 0.3) is 10.8 Å². The monoisotopic (exact) mass is 386 g/mol. The molecule has 140 valence electrons. The Hall–Kier alpha value is -3.13. The highest BCUT2D eigenvalue weighted by atomic mass is 32.2. The van der Waals surface area contributed by atoms with Gasteiger partial charge in [0.25, 0.3) is 5.69 Å². The molecule has 3 aromatic rings. The molecule has 0 radical (unpaired) electrons. The molecule has 0 saturated carbocycles. The quantitative estimate of drug-likeness (QED) is 0.487.